The number of hydrogen-bond donors (Lipinski definition) is 0. The van der Waals surface area contributed by atoms with Crippen molar-refractivity contribution in [1.82, 2.24) is 0 Å². The van der Waals surface area contributed by atoms with E-state index in [0.717, 1.165) is 0 Å². The van der Waals surface area contributed by atoms with E-state index < -0.39 is 0 Å². The van der Waals surface area contributed by atoms with Crippen molar-refractivity contribution in [2.75, 3.05) is 0 Å². The van der Waals surface area contributed by atoms with Crippen LogP contribution in [0, 0.1) is 5.92 Å². The Labute approximate surface area is 43.8 Å². The Morgan fingerprint density at radius 2 is 2.57 bits per heavy atom. The quantitative estimate of drug-likeness (QED) is 0.469. The molecule has 1 aliphatic rings. The van der Waals surface area contributed by atoms with Crippen molar-refractivity contribution in [1.29, 1.82) is 0 Å². The van der Waals surface area contributed by atoms with E-state index in [1.54, 1.807) is 0 Å². The monoisotopic (exact) mass is 95.1 g/mol. The lowest BCUT2D eigenvalue weighted by Gasteiger charge is -1.91. The second-order valence-electron chi connectivity index (χ2n) is 1.71. The smallest absolute Gasteiger partial charge is 0.0230 e. The van der Waals surface area contributed by atoms with Gasteiger partial charge in [0.15, 0.2) is 0 Å². The molecule has 7 heavy (non-hydrogen) atoms. The van der Waals surface area contributed by atoms with Crippen LogP contribution < -0.4 is 0 Å². The van der Waals surface area contributed by atoms with E-state index in [1.165, 1.54) is 6.42 Å². The molecule has 0 spiro atoms. The maximum absolute atomic E-state index is 3.93. The van der Waals surface area contributed by atoms with Crippen molar-refractivity contribution in [2.24, 2.45) is 10.9 Å². The summed E-state index contributed by atoms with van der Waals surface area (Å²) in [5.41, 5.74) is 0. The number of rotatable bonds is 1. The molecule has 1 heterocycles. The highest BCUT2D eigenvalue weighted by atomic mass is 14.7. The second-order valence-corrected chi connectivity index (χ2v) is 1.71. The van der Waals surface area contributed by atoms with E-state index in [9.17, 15) is 0 Å². The number of nitrogens with zero attached hydrogens (tertiary/aromatic N) is 1. The topological polar surface area (TPSA) is 12.4 Å². The lowest BCUT2D eigenvalue weighted by atomic mass is 10.1. The zero-order valence-corrected chi connectivity index (χ0v) is 4.46. The third kappa shape index (κ3) is 0.889. The van der Waals surface area contributed by atoms with E-state index in [0.29, 0.717) is 5.92 Å². The van der Waals surface area contributed by atoms with Gasteiger partial charge < -0.3 is 0 Å². The summed E-state index contributed by atoms with van der Waals surface area (Å²) in [6.45, 7) is 2.16. The molecule has 38 valence electrons. The third-order valence-corrected chi connectivity index (χ3v) is 1.17. The Balaban J connectivity index is 2.44. The molecule has 0 N–H and O–H groups in total. The van der Waals surface area contributed by atoms with Crippen LogP contribution >= 0.6 is 0 Å². The van der Waals surface area contributed by atoms with Gasteiger partial charge in [0.05, 0.1) is 0 Å². The lowest BCUT2D eigenvalue weighted by Crippen LogP contribution is -1.88. The lowest BCUT2D eigenvalue weighted by molar-refractivity contribution is 0.843. The maximum atomic E-state index is 3.93. The molecule has 0 aliphatic carbocycles. The SMILES string of the molecule is CCC1C=CN=C1. The summed E-state index contributed by atoms with van der Waals surface area (Å²) in [6, 6.07) is 0. The summed E-state index contributed by atoms with van der Waals surface area (Å²) in [4.78, 5) is 3.93. The molecule has 0 bridgehead atoms. The van der Waals surface area contributed by atoms with Gasteiger partial charge in [0.2, 0.25) is 0 Å². The van der Waals surface area contributed by atoms with Gasteiger partial charge in [0.1, 0.15) is 0 Å². The molecule has 1 heteroatoms. The first-order valence-corrected chi connectivity index (χ1v) is 2.63. The molecule has 0 aromatic rings. The molecule has 1 rings (SSSR count). The summed E-state index contributed by atoms with van der Waals surface area (Å²) in [7, 11) is 0. The van der Waals surface area contributed by atoms with Gasteiger partial charge in [-0.15, -0.1) is 0 Å². The van der Waals surface area contributed by atoms with E-state index >= 15 is 0 Å². The highest BCUT2D eigenvalue weighted by Crippen LogP contribution is 2.05. The van der Waals surface area contributed by atoms with E-state index in [2.05, 4.69) is 18.0 Å². The van der Waals surface area contributed by atoms with Crippen molar-refractivity contribution < 1.29 is 0 Å². The standard InChI is InChI=1S/C6H9N/c1-2-6-3-4-7-5-6/h3-6H,2H2,1H3. The van der Waals surface area contributed by atoms with Crippen molar-refractivity contribution in [3.05, 3.63) is 12.3 Å². The van der Waals surface area contributed by atoms with Crippen LogP contribution in [0.4, 0.5) is 0 Å². The van der Waals surface area contributed by atoms with Gasteiger partial charge in [-0.25, -0.2) is 0 Å². The van der Waals surface area contributed by atoms with Crippen LogP contribution in [0.15, 0.2) is 17.3 Å². The van der Waals surface area contributed by atoms with Crippen LogP contribution in [0.2, 0.25) is 0 Å². The Morgan fingerprint density at radius 3 is 2.86 bits per heavy atom. The van der Waals surface area contributed by atoms with Crippen molar-refractivity contribution in [2.45, 2.75) is 13.3 Å². The van der Waals surface area contributed by atoms with Crippen molar-refractivity contribution in [3.63, 3.8) is 0 Å². The van der Waals surface area contributed by atoms with Gasteiger partial charge in [-0.2, -0.15) is 0 Å². The Morgan fingerprint density at radius 1 is 1.71 bits per heavy atom. The summed E-state index contributed by atoms with van der Waals surface area (Å²) in [5.74, 6) is 0.625. The zero-order chi connectivity index (χ0) is 5.11. The van der Waals surface area contributed by atoms with Gasteiger partial charge in [-0.05, 0) is 6.42 Å². The predicted octanol–water partition coefficient (Wildman–Crippen LogP) is 1.61. The molecular weight excluding hydrogens is 86.1 g/mol. The summed E-state index contributed by atoms with van der Waals surface area (Å²) in [5, 5.41) is 0. The predicted molar refractivity (Wildman–Crippen MR) is 31.4 cm³/mol. The molecule has 0 saturated carbocycles. The third-order valence-electron chi connectivity index (χ3n) is 1.17. The Hall–Kier alpha value is -0.590. The minimum absolute atomic E-state index is 0.625. The van der Waals surface area contributed by atoms with Crippen LogP contribution in [0.3, 0.4) is 0 Å². The molecule has 1 atom stereocenters. The molecular formula is C6H9N. The largest absolute Gasteiger partial charge is 0.269 e. The normalized spacial score (nSPS) is 26.7. The van der Waals surface area contributed by atoms with Crippen LogP contribution in [0.5, 0.6) is 0 Å². The van der Waals surface area contributed by atoms with Crippen molar-refractivity contribution in [3.8, 4) is 0 Å². The fraction of sp³-hybridized carbons (Fsp3) is 0.500. The Kier molecular flexibility index (Phi) is 1.25. The van der Waals surface area contributed by atoms with Crippen LogP contribution in [-0.4, -0.2) is 6.21 Å². The van der Waals surface area contributed by atoms with Crippen LogP contribution in [0.25, 0.3) is 0 Å². The number of hydrogen-bond acceptors (Lipinski definition) is 1. The molecule has 0 saturated heterocycles. The van der Waals surface area contributed by atoms with Gasteiger partial charge in [-0.3, -0.25) is 4.99 Å². The molecule has 0 aromatic carbocycles. The number of aliphatic imine (C=N–C) groups is 1. The molecule has 0 amide bonds. The summed E-state index contributed by atoms with van der Waals surface area (Å²) < 4.78 is 0. The zero-order valence-electron chi connectivity index (χ0n) is 4.46. The van der Waals surface area contributed by atoms with Gasteiger partial charge in [0, 0.05) is 18.3 Å². The first kappa shape index (κ1) is 4.57. The molecule has 0 fully saturated rings. The van der Waals surface area contributed by atoms with E-state index in [-0.39, 0.29) is 0 Å². The molecule has 1 nitrogen and oxygen atoms in total. The summed E-state index contributed by atoms with van der Waals surface area (Å²) >= 11 is 0. The van der Waals surface area contributed by atoms with E-state index in [4.69, 9.17) is 0 Å². The highest BCUT2D eigenvalue weighted by molar-refractivity contribution is 5.66. The first-order chi connectivity index (χ1) is 3.43. The van der Waals surface area contributed by atoms with Crippen LogP contribution in [0.1, 0.15) is 13.3 Å². The minimum atomic E-state index is 0.625. The van der Waals surface area contributed by atoms with Gasteiger partial charge in [0.25, 0.3) is 0 Å². The fourth-order valence-corrected chi connectivity index (χ4v) is 0.612. The minimum Gasteiger partial charge on any atom is -0.269 e. The maximum Gasteiger partial charge on any atom is 0.0230 e. The van der Waals surface area contributed by atoms with Crippen molar-refractivity contribution >= 4 is 6.21 Å². The van der Waals surface area contributed by atoms with Crippen LogP contribution in [-0.2, 0) is 0 Å². The summed E-state index contributed by atoms with van der Waals surface area (Å²) in [6.07, 6.45) is 7.12. The fourth-order valence-electron chi connectivity index (χ4n) is 0.612. The first-order valence-electron chi connectivity index (χ1n) is 2.63. The molecule has 0 radical (unpaired) electrons. The van der Waals surface area contributed by atoms with Gasteiger partial charge in [-0.1, -0.05) is 13.0 Å². The van der Waals surface area contributed by atoms with Gasteiger partial charge >= 0.3 is 0 Å². The van der Waals surface area contributed by atoms with E-state index in [1.807, 2.05) is 12.4 Å². The second kappa shape index (κ2) is 1.92. The molecule has 1 aliphatic heterocycles. The molecule has 1 unspecified atom stereocenters. The average Bonchev–Trinajstić information content (AvgIpc) is 2.14. The Bertz CT molecular complexity index is 90.7. The highest BCUT2D eigenvalue weighted by Gasteiger charge is 1.97. The number of allylic oxidation sites excluding steroid dienone is 1. The average molecular weight is 95.1 g/mol. The molecule has 0 aromatic heterocycles.